The third kappa shape index (κ3) is 3.99. The first-order valence-corrected chi connectivity index (χ1v) is 8.29. The van der Waals surface area contributed by atoms with Crippen molar-refractivity contribution in [1.82, 2.24) is 21.2 Å². The lowest BCUT2D eigenvalue weighted by molar-refractivity contribution is -0.123. The van der Waals surface area contributed by atoms with Crippen molar-refractivity contribution in [1.29, 1.82) is 0 Å². The van der Waals surface area contributed by atoms with Gasteiger partial charge in [0.15, 0.2) is 0 Å². The van der Waals surface area contributed by atoms with Gasteiger partial charge in [-0.1, -0.05) is 6.07 Å². The van der Waals surface area contributed by atoms with Gasteiger partial charge in [0.1, 0.15) is 11.9 Å². The van der Waals surface area contributed by atoms with Gasteiger partial charge in [-0.3, -0.25) is 10.2 Å². The standard InChI is InChI=1S/C16H25N5O2/c1-11-8-14(20-19-11)16(23)18-9-12-4-2-6-17-15(12)21-7-3-5-13(22)10-21/h2,4,6,11,13-14,19-20,22H,3,5,7-10H2,1H3,(H,18,23). The largest absolute Gasteiger partial charge is 0.391 e. The minimum Gasteiger partial charge on any atom is -0.391 e. The van der Waals surface area contributed by atoms with Crippen molar-refractivity contribution in [2.45, 2.75) is 50.9 Å². The molecule has 0 spiro atoms. The van der Waals surface area contributed by atoms with E-state index in [9.17, 15) is 9.90 Å². The Morgan fingerprint density at radius 2 is 2.39 bits per heavy atom. The smallest absolute Gasteiger partial charge is 0.238 e. The number of carbonyl (C=O) groups is 1. The molecule has 3 heterocycles. The highest BCUT2D eigenvalue weighted by Crippen LogP contribution is 2.21. The molecule has 2 fully saturated rings. The highest BCUT2D eigenvalue weighted by molar-refractivity contribution is 5.82. The number of nitrogens with zero attached hydrogens (tertiary/aromatic N) is 2. The van der Waals surface area contributed by atoms with E-state index >= 15 is 0 Å². The predicted octanol–water partition coefficient (Wildman–Crippen LogP) is -0.0861. The molecule has 0 radical (unpaired) electrons. The Labute approximate surface area is 136 Å². The van der Waals surface area contributed by atoms with Crippen LogP contribution in [-0.2, 0) is 11.3 Å². The van der Waals surface area contributed by atoms with Crippen molar-refractivity contribution in [2.75, 3.05) is 18.0 Å². The van der Waals surface area contributed by atoms with Crippen molar-refractivity contribution >= 4 is 11.7 Å². The van der Waals surface area contributed by atoms with Gasteiger partial charge in [-0.25, -0.2) is 10.4 Å². The number of rotatable bonds is 4. The Kier molecular flexibility index (Phi) is 5.09. The Morgan fingerprint density at radius 3 is 3.13 bits per heavy atom. The number of nitrogens with one attached hydrogen (secondary N) is 3. The number of β-amino-alcohol motifs (C(OH)–C–C–N with tert-alkyl or cyclic N) is 1. The SMILES string of the molecule is CC1CC(C(=O)NCc2cccnc2N2CCCC(O)C2)NN1. The Bertz CT molecular complexity index is 553. The van der Waals surface area contributed by atoms with Crippen LogP contribution < -0.4 is 21.1 Å². The number of hydrogen-bond donors (Lipinski definition) is 4. The third-order valence-corrected chi connectivity index (χ3v) is 4.43. The molecule has 3 unspecified atom stereocenters. The lowest BCUT2D eigenvalue weighted by Gasteiger charge is -2.32. The number of hydrogen-bond acceptors (Lipinski definition) is 6. The summed E-state index contributed by atoms with van der Waals surface area (Å²) < 4.78 is 0. The summed E-state index contributed by atoms with van der Waals surface area (Å²) in [7, 11) is 0. The van der Waals surface area contributed by atoms with E-state index in [-0.39, 0.29) is 18.1 Å². The second kappa shape index (κ2) is 7.25. The number of piperidine rings is 1. The molecular weight excluding hydrogens is 294 g/mol. The molecule has 126 valence electrons. The number of pyridine rings is 1. The van der Waals surface area contributed by atoms with Crippen LogP contribution in [0.5, 0.6) is 0 Å². The number of aliphatic hydroxyl groups excluding tert-OH is 1. The van der Waals surface area contributed by atoms with Gasteiger partial charge in [-0.05, 0) is 32.3 Å². The van der Waals surface area contributed by atoms with Crippen LogP contribution >= 0.6 is 0 Å². The molecule has 2 saturated heterocycles. The fourth-order valence-corrected chi connectivity index (χ4v) is 3.19. The van der Waals surface area contributed by atoms with E-state index in [1.165, 1.54) is 0 Å². The molecule has 4 N–H and O–H groups in total. The number of anilines is 1. The fraction of sp³-hybridized carbons (Fsp3) is 0.625. The van der Waals surface area contributed by atoms with Crippen molar-refractivity contribution in [3.63, 3.8) is 0 Å². The van der Waals surface area contributed by atoms with Gasteiger partial charge in [-0.2, -0.15) is 0 Å². The molecule has 2 aliphatic rings. The van der Waals surface area contributed by atoms with Crippen LogP contribution in [0.4, 0.5) is 5.82 Å². The quantitative estimate of drug-likeness (QED) is 0.620. The van der Waals surface area contributed by atoms with Crippen LogP contribution in [0, 0.1) is 0 Å². The summed E-state index contributed by atoms with van der Waals surface area (Å²) in [6.45, 7) is 3.98. The lowest BCUT2D eigenvalue weighted by Crippen LogP contribution is -2.43. The van der Waals surface area contributed by atoms with Gasteiger partial charge in [-0.15, -0.1) is 0 Å². The van der Waals surface area contributed by atoms with E-state index in [2.05, 4.69) is 26.1 Å². The zero-order valence-electron chi connectivity index (χ0n) is 13.5. The first kappa shape index (κ1) is 16.2. The molecule has 23 heavy (non-hydrogen) atoms. The molecule has 1 aromatic heterocycles. The predicted molar refractivity (Wildman–Crippen MR) is 87.7 cm³/mol. The summed E-state index contributed by atoms with van der Waals surface area (Å²) in [6.07, 6.45) is 4.03. The van der Waals surface area contributed by atoms with Crippen molar-refractivity contribution < 1.29 is 9.90 Å². The van der Waals surface area contributed by atoms with Crippen LogP contribution in [0.3, 0.4) is 0 Å². The summed E-state index contributed by atoms with van der Waals surface area (Å²) in [5, 5.41) is 12.8. The van der Waals surface area contributed by atoms with E-state index in [0.29, 0.717) is 19.1 Å². The number of hydrazine groups is 1. The molecule has 1 amide bonds. The van der Waals surface area contributed by atoms with Crippen LogP contribution in [0.15, 0.2) is 18.3 Å². The average molecular weight is 319 g/mol. The summed E-state index contributed by atoms with van der Waals surface area (Å²) in [5.74, 6) is 0.854. The second-order valence-electron chi connectivity index (χ2n) is 6.42. The van der Waals surface area contributed by atoms with Gasteiger partial charge in [0.25, 0.3) is 0 Å². The molecule has 7 heteroatoms. The fourth-order valence-electron chi connectivity index (χ4n) is 3.19. The number of amides is 1. The summed E-state index contributed by atoms with van der Waals surface area (Å²) in [6, 6.07) is 3.96. The zero-order chi connectivity index (χ0) is 16.2. The number of aliphatic hydroxyl groups is 1. The maximum atomic E-state index is 12.2. The first-order valence-electron chi connectivity index (χ1n) is 8.29. The lowest BCUT2D eigenvalue weighted by atomic mass is 10.1. The molecule has 0 aromatic carbocycles. The number of aromatic nitrogens is 1. The van der Waals surface area contributed by atoms with Gasteiger partial charge >= 0.3 is 0 Å². The molecule has 0 bridgehead atoms. The summed E-state index contributed by atoms with van der Waals surface area (Å²) in [5.41, 5.74) is 7.04. The van der Waals surface area contributed by atoms with Crippen molar-refractivity contribution in [3.8, 4) is 0 Å². The van der Waals surface area contributed by atoms with E-state index in [4.69, 9.17) is 0 Å². The summed E-state index contributed by atoms with van der Waals surface area (Å²) >= 11 is 0. The van der Waals surface area contributed by atoms with Gasteiger partial charge in [0.05, 0.1) is 6.10 Å². The highest BCUT2D eigenvalue weighted by atomic mass is 16.3. The van der Waals surface area contributed by atoms with E-state index in [1.807, 2.05) is 19.1 Å². The van der Waals surface area contributed by atoms with E-state index in [0.717, 1.165) is 37.2 Å². The molecule has 3 atom stereocenters. The molecule has 0 aliphatic carbocycles. The van der Waals surface area contributed by atoms with E-state index < -0.39 is 0 Å². The highest BCUT2D eigenvalue weighted by Gasteiger charge is 2.27. The minimum absolute atomic E-state index is 0.00432. The third-order valence-electron chi connectivity index (χ3n) is 4.43. The normalized spacial score (nSPS) is 27.9. The van der Waals surface area contributed by atoms with E-state index in [1.54, 1.807) is 6.20 Å². The van der Waals surface area contributed by atoms with Crippen LogP contribution in [-0.4, -0.2) is 47.3 Å². The number of carbonyl (C=O) groups excluding carboxylic acids is 1. The minimum atomic E-state index is -0.302. The van der Waals surface area contributed by atoms with Gasteiger partial charge < -0.3 is 15.3 Å². The van der Waals surface area contributed by atoms with Crippen LogP contribution in [0.25, 0.3) is 0 Å². The maximum absolute atomic E-state index is 12.2. The second-order valence-corrected chi connectivity index (χ2v) is 6.42. The van der Waals surface area contributed by atoms with Crippen molar-refractivity contribution in [2.24, 2.45) is 0 Å². The maximum Gasteiger partial charge on any atom is 0.238 e. The monoisotopic (exact) mass is 319 g/mol. The molecule has 1 aromatic rings. The molecule has 0 saturated carbocycles. The molecular formula is C16H25N5O2. The summed E-state index contributed by atoms with van der Waals surface area (Å²) in [4.78, 5) is 18.8. The van der Waals surface area contributed by atoms with Gasteiger partial charge in [0.2, 0.25) is 5.91 Å². The zero-order valence-corrected chi connectivity index (χ0v) is 13.5. The Morgan fingerprint density at radius 1 is 1.52 bits per heavy atom. The first-order chi connectivity index (χ1) is 11.1. The Hall–Kier alpha value is -1.70. The molecule has 2 aliphatic heterocycles. The topological polar surface area (TPSA) is 89.5 Å². The van der Waals surface area contributed by atoms with Crippen LogP contribution in [0.2, 0.25) is 0 Å². The average Bonchev–Trinajstić information content (AvgIpc) is 2.99. The molecule has 7 nitrogen and oxygen atoms in total. The van der Waals surface area contributed by atoms with Gasteiger partial charge in [0, 0.05) is 37.4 Å². The Balaban J connectivity index is 1.62. The molecule has 3 rings (SSSR count). The van der Waals surface area contributed by atoms with Crippen LogP contribution in [0.1, 0.15) is 31.7 Å². The van der Waals surface area contributed by atoms with Crippen molar-refractivity contribution in [3.05, 3.63) is 23.9 Å².